The zero-order chi connectivity index (χ0) is 18.3. The Balaban J connectivity index is 1.54. The van der Waals surface area contributed by atoms with Crippen LogP contribution in [0.4, 0.5) is 5.95 Å². The van der Waals surface area contributed by atoms with Crippen LogP contribution in [0, 0.1) is 6.92 Å². The minimum atomic E-state index is -0.300. The molecule has 0 saturated carbocycles. The lowest BCUT2D eigenvalue weighted by Crippen LogP contribution is -2.24. The molecule has 1 aliphatic heterocycles. The predicted molar refractivity (Wildman–Crippen MR) is 102 cm³/mol. The number of hydrogen-bond donors (Lipinski definition) is 2. The van der Waals surface area contributed by atoms with E-state index in [2.05, 4.69) is 20.2 Å². The number of aryl methyl sites for hydroxylation is 2. The number of fused-ring (bicyclic) bond motifs is 1. The molecule has 1 saturated heterocycles. The standard InChI is InChI=1S/C18H21N5O2S/c1-11-20-13(10-26-11)8-19-17(25)12-3-4-16-15(7-12)21-18(22(16)2)23-6-5-14(24)9-23/h3-4,7,10,14,24H,5-6,8-9H2,1-2H3,(H,19,25)/t14-/m0/s1. The molecule has 1 atom stereocenters. The van der Waals surface area contributed by atoms with Crippen LogP contribution in [0.15, 0.2) is 23.6 Å². The maximum absolute atomic E-state index is 12.4. The Morgan fingerprint density at radius 2 is 2.27 bits per heavy atom. The highest BCUT2D eigenvalue weighted by molar-refractivity contribution is 7.09. The van der Waals surface area contributed by atoms with Crippen LogP contribution >= 0.6 is 11.3 Å². The summed E-state index contributed by atoms with van der Waals surface area (Å²) in [6, 6.07) is 5.54. The summed E-state index contributed by atoms with van der Waals surface area (Å²) >= 11 is 1.57. The number of imidazole rings is 1. The van der Waals surface area contributed by atoms with Crippen LogP contribution in [0.5, 0.6) is 0 Å². The van der Waals surface area contributed by atoms with E-state index in [0.717, 1.165) is 40.6 Å². The molecule has 8 heteroatoms. The van der Waals surface area contributed by atoms with Crippen molar-refractivity contribution in [3.63, 3.8) is 0 Å². The van der Waals surface area contributed by atoms with Crippen molar-refractivity contribution in [3.8, 4) is 0 Å². The third kappa shape index (κ3) is 3.17. The number of amides is 1. The molecule has 7 nitrogen and oxygen atoms in total. The van der Waals surface area contributed by atoms with E-state index >= 15 is 0 Å². The Kier molecular flexibility index (Phi) is 4.37. The van der Waals surface area contributed by atoms with Crippen LogP contribution in [0.25, 0.3) is 11.0 Å². The number of aliphatic hydroxyl groups excluding tert-OH is 1. The van der Waals surface area contributed by atoms with Crippen LogP contribution in [0.3, 0.4) is 0 Å². The minimum Gasteiger partial charge on any atom is -0.391 e. The van der Waals surface area contributed by atoms with Gasteiger partial charge in [0, 0.05) is 31.1 Å². The van der Waals surface area contributed by atoms with Gasteiger partial charge in [-0.1, -0.05) is 0 Å². The van der Waals surface area contributed by atoms with Gasteiger partial charge in [0.1, 0.15) is 0 Å². The Morgan fingerprint density at radius 1 is 1.42 bits per heavy atom. The second-order valence-corrected chi connectivity index (χ2v) is 7.67. The average Bonchev–Trinajstić information content (AvgIpc) is 3.32. The van der Waals surface area contributed by atoms with E-state index in [9.17, 15) is 9.90 Å². The summed E-state index contributed by atoms with van der Waals surface area (Å²) in [6.45, 7) is 3.75. The molecule has 0 bridgehead atoms. The largest absolute Gasteiger partial charge is 0.391 e. The van der Waals surface area contributed by atoms with E-state index in [0.29, 0.717) is 18.7 Å². The van der Waals surface area contributed by atoms with Crippen molar-refractivity contribution in [2.45, 2.75) is 26.0 Å². The van der Waals surface area contributed by atoms with Crippen molar-refractivity contribution in [1.82, 2.24) is 19.9 Å². The molecule has 3 aromatic rings. The topological polar surface area (TPSA) is 83.3 Å². The van der Waals surface area contributed by atoms with Gasteiger partial charge < -0.3 is 19.9 Å². The molecule has 0 aliphatic carbocycles. The summed E-state index contributed by atoms with van der Waals surface area (Å²) in [7, 11) is 1.96. The summed E-state index contributed by atoms with van der Waals surface area (Å²) in [6.07, 6.45) is 0.456. The molecule has 3 heterocycles. The van der Waals surface area contributed by atoms with E-state index in [4.69, 9.17) is 0 Å². The van der Waals surface area contributed by atoms with Crippen LogP contribution in [0.1, 0.15) is 27.5 Å². The zero-order valence-corrected chi connectivity index (χ0v) is 15.6. The summed E-state index contributed by atoms with van der Waals surface area (Å²) in [5, 5.41) is 15.6. The predicted octanol–water partition coefficient (Wildman–Crippen LogP) is 1.84. The van der Waals surface area contributed by atoms with Crippen molar-refractivity contribution in [3.05, 3.63) is 39.8 Å². The number of carbonyl (C=O) groups excluding carboxylic acids is 1. The van der Waals surface area contributed by atoms with E-state index in [1.807, 2.05) is 42.1 Å². The summed E-state index contributed by atoms with van der Waals surface area (Å²) < 4.78 is 2.01. The number of carbonyl (C=O) groups is 1. The first-order valence-corrected chi connectivity index (χ1v) is 9.48. The van der Waals surface area contributed by atoms with Gasteiger partial charge in [-0.25, -0.2) is 9.97 Å². The van der Waals surface area contributed by atoms with E-state index in [1.165, 1.54) is 0 Å². The van der Waals surface area contributed by atoms with Gasteiger partial charge in [-0.15, -0.1) is 11.3 Å². The Morgan fingerprint density at radius 3 is 2.96 bits per heavy atom. The molecule has 2 N–H and O–H groups in total. The van der Waals surface area contributed by atoms with Gasteiger partial charge >= 0.3 is 0 Å². The highest BCUT2D eigenvalue weighted by atomic mass is 32.1. The molecule has 0 spiro atoms. The molecule has 136 valence electrons. The van der Waals surface area contributed by atoms with Crippen molar-refractivity contribution >= 4 is 34.2 Å². The smallest absolute Gasteiger partial charge is 0.251 e. The van der Waals surface area contributed by atoms with Crippen LogP contribution in [0.2, 0.25) is 0 Å². The minimum absolute atomic E-state index is 0.138. The van der Waals surface area contributed by atoms with E-state index in [1.54, 1.807) is 11.3 Å². The fourth-order valence-corrected chi connectivity index (χ4v) is 3.91. The number of β-amino-alcohol motifs (C(OH)–C–C–N with tert-alkyl or cyclic N) is 1. The molecule has 0 unspecified atom stereocenters. The van der Waals surface area contributed by atoms with Crippen LogP contribution in [-0.4, -0.2) is 44.7 Å². The number of nitrogens with one attached hydrogen (secondary N) is 1. The number of aromatic nitrogens is 3. The SMILES string of the molecule is Cc1nc(CNC(=O)c2ccc3c(c2)nc(N2CC[C@H](O)C2)n3C)cs1. The van der Waals surface area contributed by atoms with Gasteiger partial charge in [-0.3, -0.25) is 4.79 Å². The Hall–Kier alpha value is -2.45. The molecule has 1 aromatic carbocycles. The van der Waals surface area contributed by atoms with Gasteiger partial charge in [0.2, 0.25) is 5.95 Å². The number of aliphatic hydroxyl groups is 1. The lowest BCUT2D eigenvalue weighted by atomic mass is 10.2. The van der Waals surface area contributed by atoms with Gasteiger partial charge in [-0.05, 0) is 31.5 Å². The average molecular weight is 371 g/mol. The summed E-state index contributed by atoms with van der Waals surface area (Å²) in [5.74, 6) is 0.688. The zero-order valence-electron chi connectivity index (χ0n) is 14.8. The third-order valence-corrected chi connectivity index (χ3v) is 5.48. The first-order chi connectivity index (χ1) is 12.5. The quantitative estimate of drug-likeness (QED) is 0.731. The van der Waals surface area contributed by atoms with Crippen molar-refractivity contribution in [2.75, 3.05) is 18.0 Å². The van der Waals surface area contributed by atoms with E-state index < -0.39 is 0 Å². The number of hydrogen-bond acceptors (Lipinski definition) is 6. The molecule has 1 amide bonds. The molecule has 26 heavy (non-hydrogen) atoms. The van der Waals surface area contributed by atoms with Gasteiger partial charge in [0.25, 0.3) is 5.91 Å². The fourth-order valence-electron chi connectivity index (χ4n) is 3.30. The number of rotatable bonds is 4. The molecule has 1 fully saturated rings. The molecular formula is C18H21N5O2S. The molecular weight excluding hydrogens is 350 g/mol. The second-order valence-electron chi connectivity index (χ2n) is 6.60. The third-order valence-electron chi connectivity index (χ3n) is 4.66. The van der Waals surface area contributed by atoms with Crippen LogP contribution in [-0.2, 0) is 13.6 Å². The Labute approximate surface area is 155 Å². The second kappa shape index (κ2) is 6.69. The number of anilines is 1. The van der Waals surface area contributed by atoms with Gasteiger partial charge in [0.05, 0.1) is 34.4 Å². The molecule has 4 rings (SSSR count). The summed E-state index contributed by atoms with van der Waals surface area (Å²) in [4.78, 5) is 23.6. The monoisotopic (exact) mass is 371 g/mol. The highest BCUT2D eigenvalue weighted by Gasteiger charge is 2.24. The van der Waals surface area contributed by atoms with Crippen molar-refractivity contribution < 1.29 is 9.90 Å². The molecule has 0 radical (unpaired) electrons. The number of benzene rings is 1. The van der Waals surface area contributed by atoms with Gasteiger partial charge in [0.15, 0.2) is 0 Å². The van der Waals surface area contributed by atoms with Gasteiger partial charge in [-0.2, -0.15) is 0 Å². The molecule has 1 aliphatic rings. The van der Waals surface area contributed by atoms with E-state index in [-0.39, 0.29) is 12.0 Å². The lowest BCUT2D eigenvalue weighted by molar-refractivity contribution is 0.0950. The highest BCUT2D eigenvalue weighted by Crippen LogP contribution is 2.25. The maximum Gasteiger partial charge on any atom is 0.251 e. The normalized spacial score (nSPS) is 17.2. The molecule has 2 aromatic heterocycles. The first-order valence-electron chi connectivity index (χ1n) is 8.60. The first kappa shape index (κ1) is 17.0. The maximum atomic E-state index is 12.4. The number of thiazole rings is 1. The Bertz CT molecular complexity index is 964. The number of nitrogens with zero attached hydrogens (tertiary/aromatic N) is 4. The van der Waals surface area contributed by atoms with Crippen LogP contribution < -0.4 is 10.2 Å². The fraction of sp³-hybridized carbons (Fsp3) is 0.389. The summed E-state index contributed by atoms with van der Waals surface area (Å²) in [5.41, 5.74) is 3.19. The lowest BCUT2D eigenvalue weighted by Gasteiger charge is -2.16. The van der Waals surface area contributed by atoms with Crippen molar-refractivity contribution in [2.24, 2.45) is 7.05 Å². The van der Waals surface area contributed by atoms with Crippen molar-refractivity contribution in [1.29, 1.82) is 0 Å².